The molecule has 0 unspecified atom stereocenters. The zero-order valence-electron chi connectivity index (χ0n) is 21.2. The second kappa shape index (κ2) is 9.74. The average molecular weight is 486 g/mol. The smallest absolute Gasteiger partial charge is 0.301 e. The van der Waals surface area contributed by atoms with Crippen LogP contribution >= 0.6 is 0 Å². The molecule has 3 heterocycles. The van der Waals surface area contributed by atoms with Crippen molar-refractivity contribution in [1.82, 2.24) is 24.3 Å². The number of piperazine rings is 1. The van der Waals surface area contributed by atoms with Gasteiger partial charge in [0, 0.05) is 44.0 Å². The van der Waals surface area contributed by atoms with E-state index in [9.17, 15) is 13.2 Å². The number of aromatic nitrogens is 3. The maximum absolute atomic E-state index is 13.7. The lowest BCUT2D eigenvalue weighted by Gasteiger charge is -2.42. The van der Waals surface area contributed by atoms with Gasteiger partial charge in [0.25, 0.3) is 0 Å². The van der Waals surface area contributed by atoms with Gasteiger partial charge in [-0.05, 0) is 57.4 Å². The van der Waals surface area contributed by atoms with Crippen LogP contribution in [0.4, 0.5) is 13.2 Å². The van der Waals surface area contributed by atoms with Crippen LogP contribution < -0.4 is 0 Å². The number of benzene rings is 1. The number of hydrogen-bond acceptors (Lipinski definition) is 4. The molecule has 1 fully saturated rings. The summed E-state index contributed by atoms with van der Waals surface area (Å²) in [6, 6.07) is 9.39. The van der Waals surface area contributed by atoms with Crippen LogP contribution in [0, 0.1) is 13.8 Å². The average Bonchev–Trinajstić information content (AvgIpc) is 3.14. The van der Waals surface area contributed by atoms with E-state index in [1.54, 1.807) is 19.9 Å². The molecule has 35 heavy (non-hydrogen) atoms. The molecular formula is C27H34F3N5. The number of imidazole rings is 1. The molecule has 0 atom stereocenters. The summed E-state index contributed by atoms with van der Waals surface area (Å²) in [5.74, 6) is -0.913. The number of nitrogens with zero attached hydrogens (tertiary/aromatic N) is 5. The number of alkyl halides is 3. The highest BCUT2D eigenvalue weighted by atomic mass is 19.4. The summed E-state index contributed by atoms with van der Waals surface area (Å²) >= 11 is 0. The van der Waals surface area contributed by atoms with Gasteiger partial charge in [0.1, 0.15) is 5.52 Å². The minimum absolute atomic E-state index is 0.0588. The zero-order chi connectivity index (χ0) is 25.4. The third-order valence-corrected chi connectivity index (χ3v) is 6.59. The monoisotopic (exact) mass is 485 g/mol. The normalized spacial score (nSPS) is 16.6. The molecule has 0 aliphatic carbocycles. The maximum Gasteiger partial charge on any atom is 0.449 e. The highest BCUT2D eigenvalue weighted by Gasteiger charge is 2.38. The zero-order valence-corrected chi connectivity index (χ0v) is 21.2. The van der Waals surface area contributed by atoms with Gasteiger partial charge in [-0.15, -0.1) is 0 Å². The fourth-order valence-electron chi connectivity index (χ4n) is 4.63. The molecule has 0 saturated carbocycles. The Morgan fingerprint density at radius 3 is 2.20 bits per heavy atom. The standard InChI is InChI=1S/C27H34F3N5/c1-19-17-20(2)31-24-23(19)32-25(27(28,29)30)35(24)18-22-10-8-21(9-11-22)7-6-12-33-13-15-34(16-14-33)26(3,4)5/h6-11,17H,12-16,18H2,1-5H3. The summed E-state index contributed by atoms with van der Waals surface area (Å²) in [5.41, 5.74) is 3.93. The Labute approximate surface area is 205 Å². The van der Waals surface area contributed by atoms with Gasteiger partial charge in [0.2, 0.25) is 5.82 Å². The van der Waals surface area contributed by atoms with E-state index in [0.717, 1.165) is 43.9 Å². The van der Waals surface area contributed by atoms with E-state index in [1.165, 1.54) is 4.57 Å². The van der Waals surface area contributed by atoms with E-state index in [0.29, 0.717) is 16.8 Å². The fourth-order valence-corrected chi connectivity index (χ4v) is 4.63. The number of pyridine rings is 1. The minimum atomic E-state index is -4.55. The highest BCUT2D eigenvalue weighted by molar-refractivity contribution is 5.76. The maximum atomic E-state index is 13.7. The van der Waals surface area contributed by atoms with E-state index < -0.39 is 12.0 Å². The summed E-state index contributed by atoms with van der Waals surface area (Å²) in [4.78, 5) is 13.2. The first-order valence-corrected chi connectivity index (χ1v) is 12.1. The first kappa shape index (κ1) is 25.4. The number of aryl methyl sites for hydroxylation is 2. The molecule has 1 aliphatic heterocycles. The van der Waals surface area contributed by atoms with Crippen molar-refractivity contribution in [2.75, 3.05) is 32.7 Å². The Morgan fingerprint density at radius 2 is 1.60 bits per heavy atom. The number of hydrogen-bond donors (Lipinski definition) is 0. The molecule has 188 valence electrons. The Balaban J connectivity index is 1.44. The molecule has 0 N–H and O–H groups in total. The third kappa shape index (κ3) is 5.93. The second-order valence-electron chi connectivity index (χ2n) is 10.4. The summed E-state index contributed by atoms with van der Waals surface area (Å²) in [7, 11) is 0. The number of rotatable bonds is 5. The van der Waals surface area contributed by atoms with Crippen LogP contribution in [0.3, 0.4) is 0 Å². The molecule has 0 bridgehead atoms. The lowest BCUT2D eigenvalue weighted by molar-refractivity contribution is -0.146. The van der Waals surface area contributed by atoms with Crippen molar-refractivity contribution in [2.45, 2.75) is 52.9 Å². The molecule has 0 radical (unpaired) electrons. The molecule has 0 amide bonds. The van der Waals surface area contributed by atoms with Gasteiger partial charge in [0.05, 0.1) is 6.54 Å². The van der Waals surface area contributed by atoms with E-state index in [4.69, 9.17) is 0 Å². The van der Waals surface area contributed by atoms with Crippen LogP contribution in [0.5, 0.6) is 0 Å². The predicted octanol–water partition coefficient (Wildman–Crippen LogP) is 5.54. The molecule has 8 heteroatoms. The predicted molar refractivity (Wildman–Crippen MR) is 134 cm³/mol. The molecule has 4 rings (SSSR count). The highest BCUT2D eigenvalue weighted by Crippen LogP contribution is 2.32. The van der Waals surface area contributed by atoms with Crippen molar-refractivity contribution in [3.63, 3.8) is 0 Å². The van der Waals surface area contributed by atoms with Crippen LogP contribution in [-0.4, -0.2) is 62.6 Å². The largest absolute Gasteiger partial charge is 0.449 e. The van der Waals surface area contributed by atoms with Gasteiger partial charge in [-0.3, -0.25) is 9.80 Å². The van der Waals surface area contributed by atoms with Crippen molar-refractivity contribution < 1.29 is 13.2 Å². The Hall–Kier alpha value is -2.71. The van der Waals surface area contributed by atoms with Gasteiger partial charge in [-0.1, -0.05) is 36.4 Å². The van der Waals surface area contributed by atoms with Gasteiger partial charge in [0.15, 0.2) is 5.65 Å². The summed E-state index contributed by atoms with van der Waals surface area (Å²) < 4.78 is 42.4. The van der Waals surface area contributed by atoms with Crippen molar-refractivity contribution in [3.8, 4) is 0 Å². The van der Waals surface area contributed by atoms with Crippen molar-refractivity contribution in [3.05, 3.63) is 64.6 Å². The van der Waals surface area contributed by atoms with Gasteiger partial charge in [-0.25, -0.2) is 9.97 Å². The lowest BCUT2D eigenvalue weighted by atomic mass is 10.0. The Morgan fingerprint density at radius 1 is 0.943 bits per heavy atom. The van der Waals surface area contributed by atoms with E-state index in [1.807, 2.05) is 24.3 Å². The molecular weight excluding hydrogens is 451 g/mol. The third-order valence-electron chi connectivity index (χ3n) is 6.59. The van der Waals surface area contributed by atoms with Crippen molar-refractivity contribution in [1.29, 1.82) is 0 Å². The molecule has 1 aliphatic rings. The number of halogens is 3. The van der Waals surface area contributed by atoms with Crippen molar-refractivity contribution in [2.24, 2.45) is 0 Å². The fraction of sp³-hybridized carbons (Fsp3) is 0.481. The van der Waals surface area contributed by atoms with E-state index in [-0.39, 0.29) is 17.7 Å². The molecule has 0 spiro atoms. The van der Waals surface area contributed by atoms with Crippen LogP contribution in [0.15, 0.2) is 36.4 Å². The van der Waals surface area contributed by atoms with E-state index >= 15 is 0 Å². The van der Waals surface area contributed by atoms with Crippen LogP contribution in [-0.2, 0) is 12.7 Å². The van der Waals surface area contributed by atoms with Crippen LogP contribution in [0.25, 0.3) is 17.2 Å². The summed E-state index contributed by atoms with van der Waals surface area (Å²) in [6.45, 7) is 15.5. The van der Waals surface area contributed by atoms with E-state index in [2.05, 4.69) is 52.7 Å². The van der Waals surface area contributed by atoms with Crippen LogP contribution in [0.1, 0.15) is 49.0 Å². The molecule has 1 saturated heterocycles. The molecule has 1 aromatic carbocycles. The SMILES string of the molecule is Cc1cc(C)c2nc(C(F)(F)F)n(Cc3ccc(C=CCN4CCN(C(C)(C)C)CC4)cc3)c2n1. The lowest BCUT2D eigenvalue weighted by Crippen LogP contribution is -2.53. The molecule has 5 nitrogen and oxygen atoms in total. The van der Waals surface area contributed by atoms with Gasteiger partial charge >= 0.3 is 6.18 Å². The quantitative estimate of drug-likeness (QED) is 0.475. The topological polar surface area (TPSA) is 37.2 Å². The Bertz CT molecular complexity index is 1190. The van der Waals surface area contributed by atoms with Crippen molar-refractivity contribution >= 4 is 17.2 Å². The van der Waals surface area contributed by atoms with Gasteiger partial charge in [-0.2, -0.15) is 13.2 Å². The van der Waals surface area contributed by atoms with Crippen LogP contribution in [0.2, 0.25) is 0 Å². The first-order valence-electron chi connectivity index (χ1n) is 12.1. The Kier molecular flexibility index (Phi) is 7.06. The first-order chi connectivity index (χ1) is 16.4. The minimum Gasteiger partial charge on any atom is -0.301 e. The number of fused-ring (bicyclic) bond motifs is 1. The molecule has 2 aromatic heterocycles. The second-order valence-corrected chi connectivity index (χ2v) is 10.4. The summed E-state index contributed by atoms with van der Waals surface area (Å²) in [6.07, 6.45) is -0.327. The van der Waals surface area contributed by atoms with Gasteiger partial charge < -0.3 is 4.57 Å². The molecule has 3 aromatic rings. The summed E-state index contributed by atoms with van der Waals surface area (Å²) in [5, 5.41) is 0.